The molecule has 1 saturated heterocycles. The van der Waals surface area contributed by atoms with E-state index in [1.54, 1.807) is 16.4 Å². The van der Waals surface area contributed by atoms with Gasteiger partial charge in [-0.2, -0.15) is 4.31 Å². The van der Waals surface area contributed by atoms with Crippen molar-refractivity contribution in [2.75, 3.05) is 11.0 Å². The third-order valence-corrected chi connectivity index (χ3v) is 6.51. The van der Waals surface area contributed by atoms with Crippen molar-refractivity contribution in [3.63, 3.8) is 0 Å². The third-order valence-electron chi connectivity index (χ3n) is 3.59. The van der Waals surface area contributed by atoms with Crippen LogP contribution in [0.3, 0.4) is 0 Å². The van der Waals surface area contributed by atoms with E-state index in [-0.39, 0.29) is 11.5 Å². The summed E-state index contributed by atoms with van der Waals surface area (Å²) in [4.78, 5) is 0.408. The number of rotatable bonds is 3. The molecule has 3 nitrogen and oxygen atoms in total. The lowest BCUT2D eigenvalue weighted by molar-refractivity contribution is 0.371. The molecule has 0 aromatic heterocycles. The van der Waals surface area contributed by atoms with Crippen LogP contribution in [0.25, 0.3) is 0 Å². The minimum Gasteiger partial charge on any atom is -0.207 e. The van der Waals surface area contributed by atoms with Crippen LogP contribution in [0, 0.1) is 12.3 Å². The summed E-state index contributed by atoms with van der Waals surface area (Å²) in [5.41, 5.74) is 1.14. The molecule has 0 saturated carbocycles. The molecule has 5 heteroatoms. The summed E-state index contributed by atoms with van der Waals surface area (Å²) < 4.78 is 28.0. The molecule has 0 N–H and O–H groups in total. The molecule has 1 fully saturated rings. The maximum absolute atomic E-state index is 12.7. The van der Waals surface area contributed by atoms with Crippen molar-refractivity contribution in [2.24, 2.45) is 5.41 Å². The van der Waals surface area contributed by atoms with Crippen LogP contribution in [0.4, 0.5) is 0 Å². The maximum atomic E-state index is 12.7. The monoisotopic (exact) mass is 393 g/mol. The van der Waals surface area contributed by atoms with Crippen LogP contribution in [0.15, 0.2) is 29.2 Å². The zero-order valence-corrected chi connectivity index (χ0v) is 14.5. The van der Waals surface area contributed by atoms with Crippen LogP contribution in [-0.2, 0) is 10.0 Å². The largest absolute Gasteiger partial charge is 0.243 e. The number of hydrogen-bond acceptors (Lipinski definition) is 2. The molecule has 1 aromatic carbocycles. The first-order valence-corrected chi connectivity index (χ1v) is 9.37. The Hall–Kier alpha value is -0.140. The number of aryl methyl sites for hydroxylation is 1. The molecule has 0 amide bonds. The van der Waals surface area contributed by atoms with Crippen molar-refractivity contribution in [1.29, 1.82) is 0 Å². The Morgan fingerprint density at radius 3 is 2.42 bits per heavy atom. The van der Waals surface area contributed by atoms with Crippen molar-refractivity contribution >= 4 is 32.6 Å². The van der Waals surface area contributed by atoms with E-state index in [1.165, 1.54) is 0 Å². The summed E-state index contributed by atoms with van der Waals surface area (Å²) in [6.07, 6.45) is 0.932. The normalized spacial score (nSPS) is 23.7. The summed E-state index contributed by atoms with van der Waals surface area (Å²) in [7, 11) is -3.36. The molecule has 0 bridgehead atoms. The maximum Gasteiger partial charge on any atom is 0.243 e. The molecule has 2 rings (SSSR count). The average Bonchev–Trinajstić information content (AvgIpc) is 2.66. The van der Waals surface area contributed by atoms with Crippen LogP contribution < -0.4 is 0 Å². The Balaban J connectivity index is 2.36. The quantitative estimate of drug-likeness (QED) is 0.584. The van der Waals surface area contributed by atoms with Crippen LogP contribution >= 0.6 is 22.6 Å². The zero-order valence-electron chi connectivity index (χ0n) is 11.6. The number of nitrogens with zero attached hydrogens (tertiary/aromatic N) is 1. The van der Waals surface area contributed by atoms with Gasteiger partial charge in [0, 0.05) is 17.0 Å². The number of alkyl halides is 1. The molecule has 1 aliphatic heterocycles. The van der Waals surface area contributed by atoms with E-state index in [1.807, 2.05) is 19.1 Å². The Morgan fingerprint density at radius 1 is 1.32 bits per heavy atom. The van der Waals surface area contributed by atoms with E-state index >= 15 is 0 Å². The van der Waals surface area contributed by atoms with Crippen LogP contribution in [0.1, 0.15) is 25.8 Å². The molecule has 0 aliphatic carbocycles. The predicted molar refractivity (Wildman–Crippen MR) is 86.1 cm³/mol. The molecular weight excluding hydrogens is 373 g/mol. The highest BCUT2D eigenvalue weighted by Gasteiger charge is 2.43. The van der Waals surface area contributed by atoms with Gasteiger partial charge in [-0.3, -0.25) is 0 Å². The molecule has 106 valence electrons. The van der Waals surface area contributed by atoms with Crippen LogP contribution in [0.2, 0.25) is 0 Å². The predicted octanol–water partition coefficient (Wildman–Crippen LogP) is 3.22. The summed E-state index contributed by atoms with van der Waals surface area (Å²) in [6.45, 7) is 6.84. The lowest BCUT2D eigenvalue weighted by Crippen LogP contribution is -2.37. The van der Waals surface area contributed by atoms with Crippen molar-refractivity contribution in [3.8, 4) is 0 Å². The Bertz CT molecular complexity index is 551. The van der Waals surface area contributed by atoms with Gasteiger partial charge < -0.3 is 0 Å². The lowest BCUT2D eigenvalue weighted by Gasteiger charge is -2.23. The second-order valence-electron chi connectivity index (χ2n) is 6.04. The van der Waals surface area contributed by atoms with Gasteiger partial charge in [-0.1, -0.05) is 54.1 Å². The molecule has 0 spiro atoms. The summed E-state index contributed by atoms with van der Waals surface area (Å²) in [5.74, 6) is 0. The molecular formula is C14H20INO2S. The second-order valence-corrected chi connectivity index (χ2v) is 8.81. The minimum atomic E-state index is -3.36. The third kappa shape index (κ3) is 3.13. The molecule has 0 radical (unpaired) electrons. The number of sulfonamides is 1. The molecule has 1 aliphatic rings. The fourth-order valence-corrected chi connectivity index (χ4v) is 5.48. The number of hydrogen-bond donors (Lipinski definition) is 0. The fourth-order valence-electron chi connectivity index (χ4n) is 2.61. The highest BCUT2D eigenvalue weighted by Crippen LogP contribution is 2.38. The van der Waals surface area contributed by atoms with Gasteiger partial charge in [0.1, 0.15) is 0 Å². The molecule has 1 heterocycles. The van der Waals surface area contributed by atoms with E-state index in [0.29, 0.717) is 11.4 Å². The Morgan fingerprint density at radius 2 is 1.89 bits per heavy atom. The fraction of sp³-hybridized carbons (Fsp3) is 0.571. The van der Waals surface area contributed by atoms with E-state index < -0.39 is 10.0 Å². The second kappa shape index (κ2) is 5.33. The van der Waals surface area contributed by atoms with E-state index in [0.717, 1.165) is 16.4 Å². The van der Waals surface area contributed by atoms with E-state index in [4.69, 9.17) is 0 Å². The van der Waals surface area contributed by atoms with Crippen molar-refractivity contribution in [1.82, 2.24) is 4.31 Å². The van der Waals surface area contributed by atoms with E-state index in [2.05, 4.69) is 36.4 Å². The molecule has 0 unspecified atom stereocenters. The van der Waals surface area contributed by atoms with Gasteiger partial charge in [0.25, 0.3) is 0 Å². The van der Waals surface area contributed by atoms with Gasteiger partial charge >= 0.3 is 0 Å². The Labute approximate surface area is 129 Å². The summed E-state index contributed by atoms with van der Waals surface area (Å²) in [5, 5.41) is 0. The first-order chi connectivity index (χ1) is 8.76. The van der Waals surface area contributed by atoms with Gasteiger partial charge in [-0.05, 0) is 30.9 Å². The van der Waals surface area contributed by atoms with Crippen LogP contribution in [0.5, 0.6) is 0 Å². The van der Waals surface area contributed by atoms with Gasteiger partial charge in [0.05, 0.1) is 4.90 Å². The van der Waals surface area contributed by atoms with Crippen molar-refractivity contribution in [3.05, 3.63) is 29.8 Å². The zero-order chi connectivity index (χ0) is 14.3. The summed E-state index contributed by atoms with van der Waals surface area (Å²) in [6, 6.07) is 7.24. The first kappa shape index (κ1) is 15.3. The molecule has 19 heavy (non-hydrogen) atoms. The smallest absolute Gasteiger partial charge is 0.207 e. The lowest BCUT2D eigenvalue weighted by atomic mass is 9.91. The van der Waals surface area contributed by atoms with Gasteiger partial charge in [0.15, 0.2) is 0 Å². The average molecular weight is 393 g/mol. The first-order valence-electron chi connectivity index (χ1n) is 6.41. The molecule has 1 atom stereocenters. The van der Waals surface area contributed by atoms with Gasteiger partial charge in [-0.25, -0.2) is 8.42 Å². The van der Waals surface area contributed by atoms with E-state index in [9.17, 15) is 8.42 Å². The highest BCUT2D eigenvalue weighted by atomic mass is 127. The minimum absolute atomic E-state index is 0.0631. The Kier molecular flexibility index (Phi) is 4.28. The highest BCUT2D eigenvalue weighted by molar-refractivity contribution is 14.1. The van der Waals surface area contributed by atoms with Crippen LogP contribution in [-0.4, -0.2) is 29.7 Å². The van der Waals surface area contributed by atoms with Gasteiger partial charge in [-0.15, -0.1) is 0 Å². The number of halogens is 1. The van der Waals surface area contributed by atoms with Crippen molar-refractivity contribution in [2.45, 2.75) is 38.1 Å². The topological polar surface area (TPSA) is 37.4 Å². The van der Waals surface area contributed by atoms with Crippen molar-refractivity contribution < 1.29 is 8.42 Å². The summed E-state index contributed by atoms with van der Waals surface area (Å²) >= 11 is 2.28. The standard InChI is InChI=1S/C14H20INO2S/c1-11-4-6-13(7-5-11)19(17,18)16-10-14(2,3)8-12(16)9-15/h4-7,12H,8-10H2,1-3H3/t12-/m0/s1. The van der Waals surface area contributed by atoms with Gasteiger partial charge in [0.2, 0.25) is 10.0 Å². The molecule has 1 aromatic rings. The SMILES string of the molecule is Cc1ccc(S(=O)(=O)N2CC(C)(C)C[C@H]2CI)cc1. The number of benzene rings is 1.